The summed E-state index contributed by atoms with van der Waals surface area (Å²) in [4.78, 5) is 25.4. The molecule has 0 aliphatic carbocycles. The van der Waals surface area contributed by atoms with Gasteiger partial charge in [-0.3, -0.25) is 9.48 Å². The Hall–Kier alpha value is -2.08. The van der Waals surface area contributed by atoms with E-state index in [0.717, 1.165) is 29.6 Å². The van der Waals surface area contributed by atoms with Crippen molar-refractivity contribution in [2.45, 2.75) is 13.5 Å². The average Bonchev–Trinajstić information content (AvgIpc) is 3.15. The first-order valence-electron chi connectivity index (χ1n) is 9.70. The minimum absolute atomic E-state index is 0. The van der Waals surface area contributed by atoms with Crippen molar-refractivity contribution >= 4 is 53.1 Å². The lowest BCUT2D eigenvalue weighted by Gasteiger charge is -2.36. The Balaban J connectivity index is 0.00000320. The van der Waals surface area contributed by atoms with Crippen LogP contribution in [0, 0.1) is 0 Å². The van der Waals surface area contributed by atoms with Crippen LogP contribution in [0.2, 0.25) is 5.02 Å². The molecule has 1 fully saturated rings. The zero-order valence-electron chi connectivity index (χ0n) is 17.2. The van der Waals surface area contributed by atoms with Crippen LogP contribution in [0.4, 0.5) is 5.69 Å². The number of aromatic nitrogens is 3. The van der Waals surface area contributed by atoms with Gasteiger partial charge < -0.3 is 20.4 Å². The maximum atomic E-state index is 12.6. The summed E-state index contributed by atoms with van der Waals surface area (Å²) in [5.41, 5.74) is 1.13. The predicted octanol–water partition coefficient (Wildman–Crippen LogP) is 1.49. The summed E-state index contributed by atoms with van der Waals surface area (Å²) in [5.74, 6) is 1.40. The molecule has 1 aromatic heterocycles. The summed E-state index contributed by atoms with van der Waals surface area (Å²) in [7, 11) is 1.82. The second kappa shape index (κ2) is 11.9. The SMILES string of the molecule is CCNC(=NCc1ncnn1C)NCC(=O)N1CCN(c2ccc(Cl)cc2)CC1.I. The number of carbonyl (C=O) groups is 1. The average molecular weight is 547 g/mol. The van der Waals surface area contributed by atoms with Gasteiger partial charge in [-0.15, -0.1) is 24.0 Å². The Morgan fingerprint density at radius 2 is 1.87 bits per heavy atom. The standard InChI is InChI=1S/C19H27ClN8O.HI/c1-3-21-19(22-12-17-24-14-25-26(17)2)23-13-18(29)28-10-8-27(9-11-28)16-6-4-15(20)5-7-16;/h4-7,14H,3,8-13H2,1-2H3,(H2,21,22,23);1H. The Bertz CT molecular complexity index is 833. The third kappa shape index (κ3) is 6.73. The molecule has 2 N–H and O–H groups in total. The smallest absolute Gasteiger partial charge is 0.242 e. The van der Waals surface area contributed by atoms with Crippen molar-refractivity contribution in [2.24, 2.45) is 12.0 Å². The summed E-state index contributed by atoms with van der Waals surface area (Å²) in [5, 5.41) is 11.0. The fourth-order valence-corrected chi connectivity index (χ4v) is 3.22. The second-order valence-electron chi connectivity index (χ2n) is 6.69. The Morgan fingerprint density at radius 1 is 1.17 bits per heavy atom. The topological polar surface area (TPSA) is 90.7 Å². The highest BCUT2D eigenvalue weighted by molar-refractivity contribution is 14.0. The quantitative estimate of drug-likeness (QED) is 0.324. The van der Waals surface area contributed by atoms with Crippen LogP contribution in [0.3, 0.4) is 0 Å². The van der Waals surface area contributed by atoms with Crippen molar-refractivity contribution in [2.75, 3.05) is 44.2 Å². The van der Waals surface area contributed by atoms with Gasteiger partial charge in [0.15, 0.2) is 5.96 Å². The molecule has 0 radical (unpaired) electrons. The minimum atomic E-state index is 0. The Labute approximate surface area is 198 Å². The van der Waals surface area contributed by atoms with Gasteiger partial charge in [0, 0.05) is 50.5 Å². The number of hydrogen-bond acceptors (Lipinski definition) is 5. The van der Waals surface area contributed by atoms with E-state index >= 15 is 0 Å². The lowest BCUT2D eigenvalue weighted by molar-refractivity contribution is -0.130. The molecule has 2 aromatic rings. The summed E-state index contributed by atoms with van der Waals surface area (Å²) in [6.07, 6.45) is 1.50. The van der Waals surface area contributed by atoms with Crippen molar-refractivity contribution in [3.8, 4) is 0 Å². The van der Waals surface area contributed by atoms with Gasteiger partial charge in [-0.2, -0.15) is 5.10 Å². The van der Waals surface area contributed by atoms with Gasteiger partial charge in [0.05, 0.1) is 6.54 Å². The molecular weight excluding hydrogens is 519 g/mol. The second-order valence-corrected chi connectivity index (χ2v) is 7.13. The molecule has 1 amide bonds. The van der Waals surface area contributed by atoms with Gasteiger partial charge in [0.25, 0.3) is 0 Å². The van der Waals surface area contributed by atoms with E-state index in [2.05, 4.69) is 30.6 Å². The number of hydrogen-bond donors (Lipinski definition) is 2. The lowest BCUT2D eigenvalue weighted by Crippen LogP contribution is -2.52. The van der Waals surface area contributed by atoms with E-state index in [9.17, 15) is 4.79 Å². The largest absolute Gasteiger partial charge is 0.368 e. The molecular formula is C19H28ClIN8O. The van der Waals surface area contributed by atoms with E-state index in [1.807, 2.05) is 43.1 Å². The van der Waals surface area contributed by atoms with Gasteiger partial charge in [0.1, 0.15) is 18.7 Å². The molecule has 1 aliphatic rings. The first-order chi connectivity index (χ1) is 14.1. The number of benzene rings is 1. The number of halogens is 2. The first-order valence-corrected chi connectivity index (χ1v) is 10.1. The van der Waals surface area contributed by atoms with Gasteiger partial charge in [-0.25, -0.2) is 9.98 Å². The molecule has 11 heteroatoms. The van der Waals surface area contributed by atoms with Crippen molar-refractivity contribution in [3.63, 3.8) is 0 Å². The summed E-state index contributed by atoms with van der Waals surface area (Å²) in [6, 6.07) is 7.80. The van der Waals surface area contributed by atoms with Crippen molar-refractivity contribution < 1.29 is 4.79 Å². The van der Waals surface area contributed by atoms with Gasteiger partial charge in [-0.05, 0) is 31.2 Å². The van der Waals surface area contributed by atoms with E-state index < -0.39 is 0 Å². The molecule has 1 aliphatic heterocycles. The van der Waals surface area contributed by atoms with Gasteiger partial charge >= 0.3 is 0 Å². The number of carbonyl (C=O) groups excluding carboxylic acids is 1. The molecule has 0 spiro atoms. The van der Waals surface area contributed by atoms with Gasteiger partial charge in [0.2, 0.25) is 5.91 Å². The Kier molecular flexibility index (Phi) is 9.63. The number of anilines is 1. The lowest BCUT2D eigenvalue weighted by atomic mass is 10.2. The summed E-state index contributed by atoms with van der Waals surface area (Å²) < 4.78 is 1.68. The van der Waals surface area contributed by atoms with E-state index in [1.165, 1.54) is 6.33 Å². The van der Waals surface area contributed by atoms with Crippen molar-refractivity contribution in [1.29, 1.82) is 0 Å². The maximum absolute atomic E-state index is 12.6. The number of rotatable bonds is 6. The van der Waals surface area contributed by atoms with Crippen LogP contribution in [-0.2, 0) is 18.4 Å². The fourth-order valence-electron chi connectivity index (χ4n) is 3.09. The van der Waals surface area contributed by atoms with Crippen LogP contribution in [-0.4, -0.2) is 70.8 Å². The van der Waals surface area contributed by atoms with E-state index in [4.69, 9.17) is 11.6 Å². The van der Waals surface area contributed by atoms with E-state index in [-0.39, 0.29) is 36.4 Å². The molecule has 0 bridgehead atoms. The highest BCUT2D eigenvalue weighted by atomic mass is 127. The number of aliphatic imine (C=N–C) groups is 1. The molecule has 2 heterocycles. The normalized spacial score (nSPS) is 14.3. The predicted molar refractivity (Wildman–Crippen MR) is 129 cm³/mol. The van der Waals surface area contributed by atoms with Crippen LogP contribution in [0.15, 0.2) is 35.6 Å². The molecule has 9 nitrogen and oxygen atoms in total. The van der Waals surface area contributed by atoms with E-state index in [1.54, 1.807) is 4.68 Å². The monoisotopic (exact) mass is 546 g/mol. The van der Waals surface area contributed by atoms with E-state index in [0.29, 0.717) is 32.1 Å². The minimum Gasteiger partial charge on any atom is -0.368 e. The first kappa shape index (κ1) is 24.2. The zero-order chi connectivity index (χ0) is 20.6. The number of aryl methyl sites for hydroxylation is 1. The molecule has 1 aromatic carbocycles. The number of guanidine groups is 1. The third-order valence-electron chi connectivity index (χ3n) is 4.76. The van der Waals surface area contributed by atoms with Crippen LogP contribution in [0.5, 0.6) is 0 Å². The highest BCUT2D eigenvalue weighted by Crippen LogP contribution is 2.19. The van der Waals surface area contributed by atoms with Crippen LogP contribution in [0.25, 0.3) is 0 Å². The maximum Gasteiger partial charge on any atom is 0.242 e. The molecule has 0 saturated carbocycles. The van der Waals surface area contributed by atoms with Crippen LogP contribution >= 0.6 is 35.6 Å². The summed E-state index contributed by atoms with van der Waals surface area (Å²) >= 11 is 5.96. The number of nitrogens with zero attached hydrogens (tertiary/aromatic N) is 6. The number of piperazine rings is 1. The molecule has 0 unspecified atom stereocenters. The molecule has 3 rings (SSSR count). The number of amides is 1. The highest BCUT2D eigenvalue weighted by Gasteiger charge is 2.21. The molecule has 0 atom stereocenters. The zero-order valence-corrected chi connectivity index (χ0v) is 20.3. The van der Waals surface area contributed by atoms with Crippen molar-refractivity contribution in [1.82, 2.24) is 30.3 Å². The molecule has 1 saturated heterocycles. The van der Waals surface area contributed by atoms with Crippen molar-refractivity contribution in [3.05, 3.63) is 41.4 Å². The molecule has 164 valence electrons. The Morgan fingerprint density at radius 3 is 2.47 bits per heavy atom. The fraction of sp³-hybridized carbons (Fsp3) is 0.474. The summed E-state index contributed by atoms with van der Waals surface area (Å²) in [6.45, 7) is 6.26. The third-order valence-corrected chi connectivity index (χ3v) is 5.01. The van der Waals surface area contributed by atoms with Crippen LogP contribution in [0.1, 0.15) is 12.7 Å². The van der Waals surface area contributed by atoms with Crippen LogP contribution < -0.4 is 15.5 Å². The van der Waals surface area contributed by atoms with Gasteiger partial charge in [-0.1, -0.05) is 11.6 Å². The molecule has 30 heavy (non-hydrogen) atoms. The number of nitrogens with one attached hydrogen (secondary N) is 2.